The van der Waals surface area contributed by atoms with Crippen molar-refractivity contribution >= 4 is 21.5 Å². The molecule has 5 aromatic rings. The fraction of sp³-hybridized carbons (Fsp3) is 0.235. The minimum Gasteiger partial charge on any atom is -0.372 e. The third-order valence-corrected chi connectivity index (χ3v) is 7.44. The fourth-order valence-electron chi connectivity index (χ4n) is 5.85. The van der Waals surface area contributed by atoms with E-state index in [4.69, 9.17) is 23.7 Å². The smallest absolute Gasteiger partial charge is 0.146 e. The number of ether oxygens (including phenoxy) is 5. The molecule has 0 spiro atoms. The van der Waals surface area contributed by atoms with Gasteiger partial charge in [-0.25, -0.2) is 0 Å². The van der Waals surface area contributed by atoms with E-state index >= 15 is 0 Å². The maximum absolute atomic E-state index is 6.19. The topological polar surface area (TPSA) is 46.2 Å². The highest BCUT2D eigenvalue weighted by atomic mass is 16.7. The predicted molar refractivity (Wildman–Crippen MR) is 154 cm³/mol. The summed E-state index contributed by atoms with van der Waals surface area (Å²) in [4.78, 5) is 0. The normalized spacial score (nSPS) is 12.9. The molecule has 0 saturated heterocycles. The molecule has 1 heterocycles. The minimum absolute atomic E-state index is 0.199. The van der Waals surface area contributed by atoms with Crippen molar-refractivity contribution in [3.8, 4) is 22.3 Å². The standard InChI is InChI=1S/C34H32O5/c1-35-21-38-19-31-32(20-39-22-36-2)34(28-16-8-12-24-10-4-6-14-26(24)28)30-18-37-17-29(30)33(31)27-15-7-11-23-9-3-5-13-25(23)27/h3-16H,17-22H2,1-2H3. The van der Waals surface area contributed by atoms with Crippen molar-refractivity contribution in [3.05, 3.63) is 107 Å². The quantitative estimate of drug-likeness (QED) is 0.140. The first-order valence-electron chi connectivity index (χ1n) is 13.2. The van der Waals surface area contributed by atoms with Gasteiger partial charge in [0.25, 0.3) is 0 Å². The van der Waals surface area contributed by atoms with E-state index < -0.39 is 0 Å². The molecule has 0 fully saturated rings. The lowest BCUT2D eigenvalue weighted by molar-refractivity contribution is -0.0453. The van der Waals surface area contributed by atoms with Crippen LogP contribution in [-0.4, -0.2) is 27.8 Å². The van der Waals surface area contributed by atoms with Gasteiger partial charge in [-0.15, -0.1) is 0 Å². The summed E-state index contributed by atoms with van der Waals surface area (Å²) in [6.45, 7) is 2.24. The summed E-state index contributed by atoms with van der Waals surface area (Å²) in [5, 5.41) is 4.79. The van der Waals surface area contributed by atoms with Crippen LogP contribution in [0, 0.1) is 0 Å². The summed E-state index contributed by atoms with van der Waals surface area (Å²) >= 11 is 0. The molecule has 39 heavy (non-hydrogen) atoms. The molecule has 1 aliphatic heterocycles. The zero-order valence-electron chi connectivity index (χ0n) is 22.4. The minimum atomic E-state index is 0.199. The fourth-order valence-corrected chi connectivity index (χ4v) is 5.85. The van der Waals surface area contributed by atoms with Gasteiger partial charge < -0.3 is 23.7 Å². The number of benzene rings is 5. The summed E-state index contributed by atoms with van der Waals surface area (Å²) in [7, 11) is 3.29. The Morgan fingerprint density at radius 3 is 1.46 bits per heavy atom. The van der Waals surface area contributed by atoms with Crippen molar-refractivity contribution in [1.82, 2.24) is 0 Å². The van der Waals surface area contributed by atoms with Crippen molar-refractivity contribution in [2.24, 2.45) is 0 Å². The van der Waals surface area contributed by atoms with E-state index in [0.717, 1.165) is 22.3 Å². The predicted octanol–water partition coefficient (Wildman–Crippen LogP) is 7.60. The number of fused-ring (bicyclic) bond motifs is 3. The van der Waals surface area contributed by atoms with Gasteiger partial charge in [0.1, 0.15) is 13.6 Å². The first-order chi connectivity index (χ1) is 19.3. The number of hydrogen-bond acceptors (Lipinski definition) is 5. The maximum Gasteiger partial charge on any atom is 0.146 e. The van der Waals surface area contributed by atoms with Gasteiger partial charge in [0.2, 0.25) is 0 Å². The zero-order valence-corrected chi connectivity index (χ0v) is 22.4. The van der Waals surface area contributed by atoms with Crippen molar-refractivity contribution in [1.29, 1.82) is 0 Å². The lowest BCUT2D eigenvalue weighted by Crippen LogP contribution is -2.11. The highest BCUT2D eigenvalue weighted by molar-refractivity contribution is 6.02. The van der Waals surface area contributed by atoms with Gasteiger partial charge in [-0.2, -0.15) is 0 Å². The van der Waals surface area contributed by atoms with E-state index in [1.807, 2.05) is 0 Å². The average molecular weight is 521 g/mol. The summed E-state index contributed by atoms with van der Waals surface area (Å²) in [5.74, 6) is 0. The molecule has 5 nitrogen and oxygen atoms in total. The first-order valence-corrected chi connectivity index (χ1v) is 13.2. The lowest BCUT2D eigenvalue weighted by Gasteiger charge is -2.25. The maximum atomic E-state index is 6.19. The van der Waals surface area contributed by atoms with E-state index in [9.17, 15) is 0 Å². The molecule has 0 saturated carbocycles. The Labute approximate surface area is 228 Å². The molecule has 5 aromatic carbocycles. The Hall–Kier alpha value is -3.58. The molecule has 0 amide bonds. The van der Waals surface area contributed by atoms with Gasteiger partial charge in [-0.1, -0.05) is 84.9 Å². The van der Waals surface area contributed by atoms with Crippen molar-refractivity contribution in [2.75, 3.05) is 27.8 Å². The van der Waals surface area contributed by atoms with Crippen LogP contribution in [0.1, 0.15) is 22.3 Å². The molecule has 0 bridgehead atoms. The SMILES string of the molecule is COCOCc1c(COCOC)c(-c2cccc3ccccc23)c2c(c1-c1cccc3ccccc13)COC2. The second kappa shape index (κ2) is 11.7. The largest absolute Gasteiger partial charge is 0.372 e. The monoisotopic (exact) mass is 520 g/mol. The lowest BCUT2D eigenvalue weighted by atomic mass is 9.80. The zero-order chi connectivity index (χ0) is 26.6. The van der Waals surface area contributed by atoms with Gasteiger partial charge in [0.15, 0.2) is 0 Å². The third kappa shape index (κ3) is 4.84. The van der Waals surface area contributed by atoms with Crippen LogP contribution in [0.4, 0.5) is 0 Å². The van der Waals surface area contributed by atoms with Crippen LogP contribution in [0.25, 0.3) is 43.8 Å². The van der Waals surface area contributed by atoms with Gasteiger partial charge in [0, 0.05) is 14.2 Å². The van der Waals surface area contributed by atoms with Crippen molar-refractivity contribution < 1.29 is 23.7 Å². The van der Waals surface area contributed by atoms with E-state index in [1.54, 1.807) is 14.2 Å². The second-order valence-electron chi connectivity index (χ2n) is 9.72. The molecule has 0 aromatic heterocycles. The second-order valence-corrected chi connectivity index (χ2v) is 9.72. The summed E-state index contributed by atoms with van der Waals surface area (Å²) in [6, 6.07) is 30.0. The molecular formula is C34H32O5. The highest BCUT2D eigenvalue weighted by Gasteiger charge is 2.30. The van der Waals surface area contributed by atoms with Crippen molar-refractivity contribution in [2.45, 2.75) is 26.4 Å². The molecule has 0 radical (unpaired) electrons. The first kappa shape index (κ1) is 25.7. The molecule has 198 valence electrons. The Morgan fingerprint density at radius 1 is 0.564 bits per heavy atom. The van der Waals surface area contributed by atoms with Crippen LogP contribution >= 0.6 is 0 Å². The van der Waals surface area contributed by atoms with Crippen LogP contribution < -0.4 is 0 Å². The molecular weight excluding hydrogens is 488 g/mol. The summed E-state index contributed by atoms with van der Waals surface area (Å²) in [6.07, 6.45) is 0. The molecule has 6 rings (SSSR count). The van der Waals surface area contributed by atoms with E-state index in [-0.39, 0.29) is 13.6 Å². The highest BCUT2D eigenvalue weighted by Crippen LogP contribution is 2.47. The van der Waals surface area contributed by atoms with Gasteiger partial charge in [-0.05, 0) is 66.1 Å². The molecule has 1 aliphatic rings. The number of rotatable bonds is 10. The molecule has 0 atom stereocenters. The van der Waals surface area contributed by atoms with Crippen LogP contribution in [-0.2, 0) is 50.1 Å². The Bertz CT molecular complexity index is 1490. The van der Waals surface area contributed by atoms with E-state index in [1.165, 1.54) is 43.8 Å². The molecule has 5 heteroatoms. The third-order valence-electron chi connectivity index (χ3n) is 7.44. The Kier molecular flexibility index (Phi) is 7.68. The average Bonchev–Trinajstić information content (AvgIpc) is 3.46. The summed E-state index contributed by atoms with van der Waals surface area (Å²) < 4.78 is 28.9. The molecule has 0 unspecified atom stereocenters. The van der Waals surface area contributed by atoms with Gasteiger partial charge >= 0.3 is 0 Å². The van der Waals surface area contributed by atoms with Crippen molar-refractivity contribution in [3.63, 3.8) is 0 Å². The molecule has 0 N–H and O–H groups in total. The van der Waals surface area contributed by atoms with Crippen LogP contribution in [0.15, 0.2) is 84.9 Å². The van der Waals surface area contributed by atoms with E-state index in [2.05, 4.69) is 84.9 Å². The molecule has 0 aliphatic carbocycles. The van der Waals surface area contributed by atoms with Gasteiger partial charge in [0.05, 0.1) is 26.4 Å². The van der Waals surface area contributed by atoms with E-state index in [0.29, 0.717) is 26.4 Å². The number of hydrogen-bond donors (Lipinski definition) is 0. The van der Waals surface area contributed by atoms with Crippen LogP contribution in [0.2, 0.25) is 0 Å². The van der Waals surface area contributed by atoms with Crippen LogP contribution in [0.5, 0.6) is 0 Å². The van der Waals surface area contributed by atoms with Gasteiger partial charge in [-0.3, -0.25) is 0 Å². The Morgan fingerprint density at radius 2 is 1.00 bits per heavy atom. The van der Waals surface area contributed by atoms with Crippen LogP contribution in [0.3, 0.4) is 0 Å². The summed E-state index contributed by atoms with van der Waals surface area (Å²) in [5.41, 5.74) is 9.26. The number of methoxy groups -OCH3 is 2. The Balaban J connectivity index is 1.70.